The molecule has 3 aliphatic heterocycles. The van der Waals surface area contributed by atoms with E-state index >= 15 is 0 Å². The molecule has 9 heteroatoms. The maximum atomic E-state index is 13.1. The van der Waals surface area contributed by atoms with Crippen molar-refractivity contribution in [2.24, 2.45) is 5.92 Å². The first-order valence-electron chi connectivity index (χ1n) is 10.1. The highest BCUT2D eigenvalue weighted by Gasteiger charge is 2.65. The number of urea groups is 1. The lowest BCUT2D eigenvalue weighted by molar-refractivity contribution is -0.0944. The molecule has 0 unspecified atom stereocenters. The largest absolute Gasteiger partial charge is 0.497 e. The number of ether oxygens (including phenoxy) is 2. The summed E-state index contributed by atoms with van der Waals surface area (Å²) in [5.74, 6) is 1.08. The zero-order chi connectivity index (χ0) is 20.8. The summed E-state index contributed by atoms with van der Waals surface area (Å²) in [4.78, 5) is 14.6. The van der Waals surface area contributed by atoms with Gasteiger partial charge in [0, 0.05) is 31.4 Å². The maximum absolute atomic E-state index is 13.1. The second-order valence-corrected chi connectivity index (χ2v) is 10.7. The second kappa shape index (κ2) is 7.45. The van der Waals surface area contributed by atoms with E-state index in [-0.39, 0.29) is 18.7 Å². The maximum Gasteiger partial charge on any atom is 0.322 e. The number of methoxy groups -OCH3 is 1. The molecule has 2 bridgehead atoms. The number of hydrogen-bond acceptors (Lipinski definition) is 5. The van der Waals surface area contributed by atoms with E-state index in [1.54, 1.807) is 28.4 Å². The van der Waals surface area contributed by atoms with Gasteiger partial charge in [0.15, 0.2) is 0 Å². The van der Waals surface area contributed by atoms with Crippen molar-refractivity contribution in [3.8, 4) is 5.75 Å². The van der Waals surface area contributed by atoms with Crippen LogP contribution in [-0.2, 0) is 14.8 Å². The van der Waals surface area contributed by atoms with Gasteiger partial charge >= 0.3 is 6.03 Å². The van der Waals surface area contributed by atoms with Gasteiger partial charge in [-0.3, -0.25) is 0 Å². The molecule has 3 fully saturated rings. The SMILES string of the molecule is COc1cccc(NC(=O)N2C[C@H]3C[C@H]4[C@](C2)(CN(CCC(C)C)S4(=O)=O)O3)c1. The highest BCUT2D eigenvalue weighted by molar-refractivity contribution is 7.90. The average molecular weight is 424 g/mol. The number of amides is 2. The van der Waals surface area contributed by atoms with Crippen molar-refractivity contribution in [1.82, 2.24) is 9.21 Å². The first-order valence-corrected chi connectivity index (χ1v) is 11.6. The normalized spacial score (nSPS) is 30.4. The van der Waals surface area contributed by atoms with E-state index in [9.17, 15) is 13.2 Å². The molecule has 3 aliphatic rings. The lowest BCUT2D eigenvalue weighted by Gasteiger charge is -2.39. The van der Waals surface area contributed by atoms with Gasteiger partial charge in [0.1, 0.15) is 16.6 Å². The van der Waals surface area contributed by atoms with Gasteiger partial charge in [0.2, 0.25) is 10.0 Å². The van der Waals surface area contributed by atoms with Gasteiger partial charge in [0.05, 0.1) is 19.8 Å². The van der Waals surface area contributed by atoms with Crippen LogP contribution in [-0.4, -0.2) is 73.9 Å². The van der Waals surface area contributed by atoms with Crippen molar-refractivity contribution >= 4 is 21.7 Å². The van der Waals surface area contributed by atoms with Crippen molar-refractivity contribution < 1.29 is 22.7 Å². The summed E-state index contributed by atoms with van der Waals surface area (Å²) in [6.45, 7) is 5.67. The highest BCUT2D eigenvalue weighted by Crippen LogP contribution is 2.46. The molecule has 8 nitrogen and oxygen atoms in total. The molecule has 3 saturated heterocycles. The van der Waals surface area contributed by atoms with Gasteiger partial charge in [-0.05, 0) is 30.9 Å². The number of hydrogen-bond donors (Lipinski definition) is 1. The van der Waals surface area contributed by atoms with Crippen LogP contribution in [0.5, 0.6) is 5.75 Å². The Kier molecular flexibility index (Phi) is 5.25. The van der Waals surface area contributed by atoms with Gasteiger partial charge in [-0.2, -0.15) is 4.31 Å². The third kappa shape index (κ3) is 3.71. The van der Waals surface area contributed by atoms with Crippen molar-refractivity contribution in [1.29, 1.82) is 0 Å². The van der Waals surface area contributed by atoms with E-state index in [0.29, 0.717) is 43.4 Å². The Balaban J connectivity index is 1.49. The quantitative estimate of drug-likeness (QED) is 0.784. The number of morpholine rings is 1. The number of benzene rings is 1. The lowest BCUT2D eigenvalue weighted by Crippen LogP contribution is -2.57. The molecule has 0 radical (unpaired) electrons. The second-order valence-electron chi connectivity index (χ2n) is 8.63. The van der Waals surface area contributed by atoms with Crippen LogP contribution in [0.1, 0.15) is 26.7 Å². The van der Waals surface area contributed by atoms with E-state index < -0.39 is 20.9 Å². The number of sulfonamides is 1. The fourth-order valence-electron chi connectivity index (χ4n) is 4.61. The summed E-state index contributed by atoms with van der Waals surface area (Å²) in [6.07, 6.45) is 1.02. The Hall–Kier alpha value is -1.84. The van der Waals surface area contributed by atoms with Crippen LogP contribution in [0.15, 0.2) is 24.3 Å². The predicted molar refractivity (Wildman–Crippen MR) is 110 cm³/mol. The predicted octanol–water partition coefficient (Wildman–Crippen LogP) is 2.13. The minimum absolute atomic E-state index is 0.244. The molecule has 29 heavy (non-hydrogen) atoms. The minimum atomic E-state index is -3.41. The Morgan fingerprint density at radius 3 is 2.90 bits per heavy atom. The van der Waals surface area contributed by atoms with Gasteiger partial charge in [0.25, 0.3) is 0 Å². The number of anilines is 1. The number of rotatable bonds is 5. The van der Waals surface area contributed by atoms with Crippen molar-refractivity contribution in [2.75, 3.05) is 38.6 Å². The van der Waals surface area contributed by atoms with E-state index in [0.717, 1.165) is 6.42 Å². The van der Waals surface area contributed by atoms with Crippen LogP contribution < -0.4 is 10.1 Å². The van der Waals surface area contributed by atoms with Gasteiger partial charge in [-0.15, -0.1) is 0 Å². The molecule has 0 aliphatic carbocycles. The van der Waals surface area contributed by atoms with Crippen LogP contribution >= 0.6 is 0 Å². The summed E-state index contributed by atoms with van der Waals surface area (Å²) in [7, 11) is -1.83. The van der Waals surface area contributed by atoms with Crippen molar-refractivity contribution in [2.45, 2.75) is 43.6 Å². The molecule has 2 amide bonds. The van der Waals surface area contributed by atoms with E-state index in [4.69, 9.17) is 9.47 Å². The number of carbonyl (C=O) groups excluding carboxylic acids is 1. The van der Waals surface area contributed by atoms with Crippen LogP contribution in [0.2, 0.25) is 0 Å². The Morgan fingerprint density at radius 1 is 1.38 bits per heavy atom. The molecule has 0 aromatic heterocycles. The Bertz CT molecular complexity index is 890. The van der Waals surface area contributed by atoms with Crippen molar-refractivity contribution in [3.63, 3.8) is 0 Å². The smallest absolute Gasteiger partial charge is 0.322 e. The van der Waals surface area contributed by atoms with Gasteiger partial charge in [-0.25, -0.2) is 13.2 Å². The number of nitrogens with one attached hydrogen (secondary N) is 1. The zero-order valence-corrected chi connectivity index (χ0v) is 17.9. The van der Waals surface area contributed by atoms with Crippen LogP contribution in [0.4, 0.5) is 10.5 Å². The molecule has 3 atom stereocenters. The Morgan fingerprint density at radius 2 is 2.17 bits per heavy atom. The molecule has 1 spiro atoms. The van der Waals surface area contributed by atoms with Gasteiger partial charge in [-0.1, -0.05) is 19.9 Å². The van der Waals surface area contributed by atoms with Crippen LogP contribution in [0, 0.1) is 5.92 Å². The number of fused-ring (bicyclic) bond motifs is 1. The Labute approximate surface area is 172 Å². The molecular weight excluding hydrogens is 394 g/mol. The molecule has 0 saturated carbocycles. The van der Waals surface area contributed by atoms with Gasteiger partial charge < -0.3 is 19.7 Å². The van der Waals surface area contributed by atoms with E-state index in [1.807, 2.05) is 12.1 Å². The van der Waals surface area contributed by atoms with Crippen LogP contribution in [0.3, 0.4) is 0 Å². The molecule has 1 N–H and O–H groups in total. The number of carbonyl (C=O) groups is 1. The first-order chi connectivity index (χ1) is 13.7. The molecule has 1 aromatic carbocycles. The topological polar surface area (TPSA) is 88.2 Å². The summed E-state index contributed by atoms with van der Waals surface area (Å²) < 4.78 is 39.1. The number of nitrogens with zero attached hydrogens (tertiary/aromatic N) is 2. The molecule has 160 valence electrons. The van der Waals surface area contributed by atoms with E-state index in [2.05, 4.69) is 19.2 Å². The third-order valence-corrected chi connectivity index (χ3v) is 8.45. The molecule has 4 rings (SSSR count). The zero-order valence-electron chi connectivity index (χ0n) is 17.1. The standard InChI is InChI=1S/C20H29N3O5S/c1-14(2)7-8-23-13-20-12-22(11-17(28-20)10-18(20)29(23,25)26)19(24)21-15-5-4-6-16(9-15)27-3/h4-6,9,14,17-18H,7-8,10-13H2,1-3H3,(H,21,24)/t17-,18+,20+/m1/s1. The third-order valence-electron chi connectivity index (χ3n) is 6.08. The molecule has 3 heterocycles. The van der Waals surface area contributed by atoms with Crippen molar-refractivity contribution in [3.05, 3.63) is 24.3 Å². The monoisotopic (exact) mass is 423 g/mol. The van der Waals surface area contributed by atoms with Crippen LogP contribution in [0.25, 0.3) is 0 Å². The first kappa shape index (κ1) is 20.4. The summed E-state index contributed by atoms with van der Waals surface area (Å²) >= 11 is 0. The number of likely N-dealkylation sites (tertiary alicyclic amines) is 1. The summed E-state index contributed by atoms with van der Waals surface area (Å²) in [5.41, 5.74) is -0.190. The molecule has 1 aromatic rings. The lowest BCUT2D eigenvalue weighted by atomic mass is 9.99. The fourth-order valence-corrected chi connectivity index (χ4v) is 6.93. The average Bonchev–Trinajstić information content (AvgIpc) is 3.05. The minimum Gasteiger partial charge on any atom is -0.497 e. The summed E-state index contributed by atoms with van der Waals surface area (Å²) in [5, 5.41) is 2.32. The summed E-state index contributed by atoms with van der Waals surface area (Å²) in [6, 6.07) is 6.92. The highest BCUT2D eigenvalue weighted by atomic mass is 32.2. The van der Waals surface area contributed by atoms with E-state index in [1.165, 1.54) is 0 Å². The molecular formula is C20H29N3O5S. The fraction of sp³-hybridized carbons (Fsp3) is 0.650.